The number of carbonyl (C=O) groups is 1. The smallest absolute Gasteiger partial charge is 0.243 e. The first-order chi connectivity index (χ1) is 13.7. The van der Waals surface area contributed by atoms with Crippen molar-refractivity contribution in [2.24, 2.45) is 0 Å². The van der Waals surface area contributed by atoms with Gasteiger partial charge in [-0.05, 0) is 43.3 Å². The van der Waals surface area contributed by atoms with E-state index < -0.39 is 33.6 Å². The van der Waals surface area contributed by atoms with Gasteiger partial charge in [0.05, 0.1) is 16.6 Å². The number of hydrogen-bond donors (Lipinski definition) is 1. The number of benzene rings is 2. The monoisotopic (exact) mass is 443 g/mol. The number of hydrogen-bond acceptors (Lipinski definition) is 4. The van der Waals surface area contributed by atoms with E-state index in [1.165, 1.54) is 28.6 Å². The molecular formula is C19H20ClF2N3O3S. The van der Waals surface area contributed by atoms with Crippen LogP contribution in [-0.4, -0.2) is 55.8 Å². The van der Waals surface area contributed by atoms with Crippen LogP contribution in [0, 0.1) is 11.6 Å². The Hall–Kier alpha value is -2.07. The highest BCUT2D eigenvalue weighted by Crippen LogP contribution is 2.21. The fourth-order valence-electron chi connectivity index (χ4n) is 3.08. The summed E-state index contributed by atoms with van der Waals surface area (Å²) in [6.45, 7) is 2.77. The van der Waals surface area contributed by atoms with Crippen LogP contribution < -0.4 is 5.32 Å². The number of nitrogens with one attached hydrogen (secondary N) is 1. The van der Waals surface area contributed by atoms with Gasteiger partial charge < -0.3 is 5.32 Å². The topological polar surface area (TPSA) is 69.7 Å². The Labute approximate surface area is 173 Å². The summed E-state index contributed by atoms with van der Waals surface area (Å²) in [6.07, 6.45) is 0. The van der Waals surface area contributed by atoms with Gasteiger partial charge in [-0.15, -0.1) is 0 Å². The van der Waals surface area contributed by atoms with Crippen molar-refractivity contribution in [1.29, 1.82) is 0 Å². The molecule has 2 aromatic rings. The van der Waals surface area contributed by atoms with Crippen LogP contribution >= 0.6 is 11.6 Å². The molecule has 0 aliphatic carbocycles. The van der Waals surface area contributed by atoms with Crippen LogP contribution in [0.25, 0.3) is 0 Å². The highest BCUT2D eigenvalue weighted by molar-refractivity contribution is 7.89. The molecule has 1 N–H and O–H groups in total. The van der Waals surface area contributed by atoms with E-state index in [4.69, 9.17) is 11.6 Å². The fraction of sp³-hybridized carbons (Fsp3) is 0.316. The van der Waals surface area contributed by atoms with Crippen molar-refractivity contribution in [2.75, 3.05) is 31.5 Å². The minimum absolute atomic E-state index is 0.104. The van der Waals surface area contributed by atoms with Gasteiger partial charge in [-0.25, -0.2) is 17.2 Å². The van der Waals surface area contributed by atoms with Crippen LogP contribution in [-0.2, 0) is 14.8 Å². The molecule has 10 heteroatoms. The molecule has 6 nitrogen and oxygen atoms in total. The van der Waals surface area contributed by atoms with Crippen molar-refractivity contribution in [1.82, 2.24) is 9.21 Å². The second-order valence-corrected chi connectivity index (χ2v) is 9.06. The van der Waals surface area contributed by atoms with Crippen LogP contribution in [0.2, 0.25) is 5.02 Å². The lowest BCUT2D eigenvalue weighted by Crippen LogP contribution is -2.53. The summed E-state index contributed by atoms with van der Waals surface area (Å²) in [5.74, 6) is -2.04. The zero-order chi connectivity index (χ0) is 21.2. The zero-order valence-electron chi connectivity index (χ0n) is 15.6. The quantitative estimate of drug-likeness (QED) is 0.771. The van der Waals surface area contributed by atoms with Crippen molar-refractivity contribution < 1.29 is 22.0 Å². The maximum atomic E-state index is 13.7. The number of amides is 1. The SMILES string of the molecule is CC(C(=O)Nc1ccc(F)cc1F)N1CCN(S(=O)(=O)c2ccc(Cl)cc2)CC1. The molecule has 29 heavy (non-hydrogen) atoms. The summed E-state index contributed by atoms with van der Waals surface area (Å²) in [7, 11) is -3.64. The number of nitrogens with zero attached hydrogens (tertiary/aromatic N) is 2. The minimum atomic E-state index is -3.64. The highest BCUT2D eigenvalue weighted by atomic mass is 35.5. The van der Waals surface area contributed by atoms with Crippen molar-refractivity contribution in [3.8, 4) is 0 Å². The molecule has 1 heterocycles. The normalized spacial score (nSPS) is 17.1. The molecule has 1 aliphatic heterocycles. The third-order valence-electron chi connectivity index (χ3n) is 4.84. The molecule has 1 amide bonds. The van der Waals surface area contributed by atoms with E-state index in [9.17, 15) is 22.0 Å². The number of anilines is 1. The molecule has 0 saturated carbocycles. The summed E-state index contributed by atoms with van der Waals surface area (Å²) < 4.78 is 53.5. The van der Waals surface area contributed by atoms with Gasteiger partial charge in [-0.3, -0.25) is 9.69 Å². The predicted octanol–water partition coefficient (Wildman–Crippen LogP) is 2.95. The number of carbonyl (C=O) groups excluding carboxylic acids is 1. The molecule has 1 aliphatic rings. The van der Waals surface area contributed by atoms with E-state index in [0.717, 1.165) is 12.1 Å². The Morgan fingerprint density at radius 3 is 2.28 bits per heavy atom. The van der Waals surface area contributed by atoms with E-state index in [0.29, 0.717) is 24.2 Å². The molecular weight excluding hydrogens is 424 g/mol. The molecule has 0 radical (unpaired) electrons. The second-order valence-electron chi connectivity index (χ2n) is 6.68. The van der Waals surface area contributed by atoms with Gasteiger partial charge in [0.2, 0.25) is 15.9 Å². The maximum Gasteiger partial charge on any atom is 0.243 e. The number of piperazine rings is 1. The molecule has 156 valence electrons. The molecule has 0 bridgehead atoms. The van der Waals surface area contributed by atoms with Gasteiger partial charge in [-0.1, -0.05) is 11.6 Å². The molecule has 1 atom stereocenters. The molecule has 3 rings (SSSR count). The van der Waals surface area contributed by atoms with E-state index in [1.807, 2.05) is 4.90 Å². The highest BCUT2D eigenvalue weighted by Gasteiger charge is 2.32. The average Bonchev–Trinajstić information content (AvgIpc) is 2.70. The first kappa shape index (κ1) is 21.6. The first-order valence-electron chi connectivity index (χ1n) is 8.94. The summed E-state index contributed by atoms with van der Waals surface area (Å²) in [6, 6.07) is 8.25. The summed E-state index contributed by atoms with van der Waals surface area (Å²) in [5.41, 5.74) is -0.104. The predicted molar refractivity (Wildman–Crippen MR) is 106 cm³/mol. The standard InChI is InChI=1S/C19H20ClF2N3O3S/c1-13(19(26)23-18-7-4-15(21)12-17(18)22)24-8-10-25(11-9-24)29(27,28)16-5-2-14(20)3-6-16/h2-7,12-13H,8-11H2,1H3,(H,23,26). The van der Waals surface area contributed by atoms with Crippen molar-refractivity contribution in [2.45, 2.75) is 17.9 Å². The van der Waals surface area contributed by atoms with E-state index in [1.54, 1.807) is 6.92 Å². The Kier molecular flexibility index (Phi) is 6.52. The average molecular weight is 444 g/mol. The van der Waals surface area contributed by atoms with Gasteiger partial charge in [0.1, 0.15) is 11.6 Å². The number of rotatable bonds is 5. The lowest BCUT2D eigenvalue weighted by molar-refractivity contribution is -0.121. The molecule has 1 unspecified atom stereocenters. The van der Waals surface area contributed by atoms with Gasteiger partial charge in [0.15, 0.2) is 0 Å². The fourth-order valence-corrected chi connectivity index (χ4v) is 4.63. The zero-order valence-corrected chi connectivity index (χ0v) is 17.2. The molecule has 1 fully saturated rings. The summed E-state index contributed by atoms with van der Waals surface area (Å²) in [4.78, 5) is 14.4. The van der Waals surface area contributed by atoms with Crippen molar-refractivity contribution >= 4 is 33.2 Å². The Morgan fingerprint density at radius 2 is 1.69 bits per heavy atom. The molecule has 1 saturated heterocycles. The number of sulfonamides is 1. The summed E-state index contributed by atoms with van der Waals surface area (Å²) >= 11 is 5.81. The second kappa shape index (κ2) is 8.74. The van der Waals surface area contributed by atoms with E-state index >= 15 is 0 Å². The van der Waals surface area contributed by atoms with Crippen LogP contribution in [0.5, 0.6) is 0 Å². The molecule has 0 aromatic heterocycles. The van der Waals surface area contributed by atoms with Crippen molar-refractivity contribution in [3.63, 3.8) is 0 Å². The van der Waals surface area contributed by atoms with Crippen LogP contribution in [0.15, 0.2) is 47.4 Å². The van der Waals surface area contributed by atoms with Gasteiger partial charge in [0.25, 0.3) is 0 Å². The first-order valence-corrected chi connectivity index (χ1v) is 10.8. The molecule has 0 spiro atoms. The van der Waals surface area contributed by atoms with Crippen LogP contribution in [0.4, 0.5) is 14.5 Å². The van der Waals surface area contributed by atoms with E-state index in [2.05, 4.69) is 5.32 Å². The lowest BCUT2D eigenvalue weighted by atomic mass is 10.2. The van der Waals surface area contributed by atoms with Gasteiger partial charge in [-0.2, -0.15) is 4.31 Å². The van der Waals surface area contributed by atoms with Gasteiger partial charge >= 0.3 is 0 Å². The number of halogens is 3. The Balaban J connectivity index is 1.60. The minimum Gasteiger partial charge on any atom is -0.322 e. The van der Waals surface area contributed by atoms with Crippen molar-refractivity contribution in [3.05, 3.63) is 59.1 Å². The van der Waals surface area contributed by atoms with E-state index in [-0.39, 0.29) is 23.7 Å². The van der Waals surface area contributed by atoms with Crippen LogP contribution in [0.3, 0.4) is 0 Å². The summed E-state index contributed by atoms with van der Waals surface area (Å²) in [5, 5.41) is 2.89. The maximum absolute atomic E-state index is 13.7. The van der Waals surface area contributed by atoms with Crippen LogP contribution in [0.1, 0.15) is 6.92 Å². The third-order valence-corrected chi connectivity index (χ3v) is 7.01. The van der Waals surface area contributed by atoms with Gasteiger partial charge in [0, 0.05) is 37.3 Å². The Morgan fingerprint density at radius 1 is 1.07 bits per heavy atom. The molecule has 2 aromatic carbocycles. The largest absolute Gasteiger partial charge is 0.322 e. The lowest BCUT2D eigenvalue weighted by Gasteiger charge is -2.36. The third kappa shape index (κ3) is 4.92. The Bertz CT molecular complexity index is 994.